The van der Waals surface area contributed by atoms with Crippen LogP contribution in [0, 0.1) is 0 Å². The number of anilines is 1. The van der Waals surface area contributed by atoms with Gasteiger partial charge in [0.2, 0.25) is 0 Å². The summed E-state index contributed by atoms with van der Waals surface area (Å²) >= 11 is 0. The van der Waals surface area contributed by atoms with Crippen LogP contribution in [0.15, 0.2) is 66.5 Å². The van der Waals surface area contributed by atoms with Gasteiger partial charge in [-0.3, -0.25) is 0 Å². The van der Waals surface area contributed by atoms with E-state index in [0.717, 1.165) is 23.2 Å². The van der Waals surface area contributed by atoms with Gasteiger partial charge in [0.15, 0.2) is 0 Å². The van der Waals surface area contributed by atoms with Gasteiger partial charge in [-0.15, -0.1) is 0 Å². The van der Waals surface area contributed by atoms with Crippen LogP contribution in [0.3, 0.4) is 0 Å². The predicted molar refractivity (Wildman–Crippen MR) is 86.9 cm³/mol. The Morgan fingerprint density at radius 3 is 2.10 bits per heavy atom. The van der Waals surface area contributed by atoms with E-state index in [0.29, 0.717) is 0 Å². The van der Waals surface area contributed by atoms with Crippen LogP contribution in [-0.2, 0) is 0 Å². The van der Waals surface area contributed by atoms with E-state index in [9.17, 15) is 4.39 Å². The van der Waals surface area contributed by atoms with Gasteiger partial charge in [-0.05, 0) is 43.5 Å². The lowest BCUT2D eigenvalue weighted by Gasteiger charge is -2.41. The van der Waals surface area contributed by atoms with Gasteiger partial charge < -0.3 is 4.90 Å². The lowest BCUT2D eigenvalue weighted by atomic mass is 9.90. The van der Waals surface area contributed by atoms with Crippen molar-refractivity contribution in [2.24, 2.45) is 0 Å². The van der Waals surface area contributed by atoms with Crippen LogP contribution in [0.25, 0.3) is 5.57 Å². The van der Waals surface area contributed by atoms with Crippen LogP contribution < -0.4 is 4.90 Å². The minimum Gasteiger partial charge on any atom is -0.359 e. The summed E-state index contributed by atoms with van der Waals surface area (Å²) in [6, 6.07) is 20.0. The second-order valence-corrected chi connectivity index (χ2v) is 5.66. The molecule has 0 amide bonds. The third-order valence-corrected chi connectivity index (χ3v) is 4.22. The highest BCUT2D eigenvalue weighted by Crippen LogP contribution is 2.37. The Morgan fingerprint density at radius 1 is 0.905 bits per heavy atom. The molecule has 0 N–H and O–H groups in total. The molecule has 0 saturated heterocycles. The number of halogens is 1. The molecule has 21 heavy (non-hydrogen) atoms. The smallest absolute Gasteiger partial charge is 0.126 e. The molecule has 3 rings (SSSR count). The fourth-order valence-corrected chi connectivity index (χ4v) is 3.22. The van der Waals surface area contributed by atoms with Crippen molar-refractivity contribution in [3.05, 3.63) is 72.1 Å². The van der Waals surface area contributed by atoms with Crippen molar-refractivity contribution >= 4 is 11.3 Å². The van der Waals surface area contributed by atoms with E-state index >= 15 is 0 Å². The Labute approximate surface area is 125 Å². The molecule has 1 aliphatic heterocycles. The minimum absolute atomic E-state index is 0.0110. The molecule has 2 aromatic rings. The van der Waals surface area contributed by atoms with Crippen molar-refractivity contribution in [1.82, 2.24) is 0 Å². The fourth-order valence-electron chi connectivity index (χ4n) is 3.22. The molecule has 1 aliphatic rings. The van der Waals surface area contributed by atoms with Crippen LogP contribution in [0.4, 0.5) is 10.1 Å². The lowest BCUT2D eigenvalue weighted by Crippen LogP contribution is -2.44. The third kappa shape index (κ3) is 2.58. The SMILES string of the molecule is CC1CC(c2ccccc2)=C(F)C(C)N1c1ccccc1. The number of nitrogens with zero attached hydrogens (tertiary/aromatic N) is 1. The molecule has 1 heterocycles. The Kier molecular flexibility index (Phi) is 3.78. The van der Waals surface area contributed by atoms with Crippen molar-refractivity contribution in [1.29, 1.82) is 0 Å². The van der Waals surface area contributed by atoms with Gasteiger partial charge in [-0.2, -0.15) is 0 Å². The molecule has 2 unspecified atom stereocenters. The van der Waals surface area contributed by atoms with E-state index in [2.05, 4.69) is 11.8 Å². The molecule has 1 nitrogen and oxygen atoms in total. The van der Waals surface area contributed by atoms with Gasteiger partial charge in [0.25, 0.3) is 0 Å². The summed E-state index contributed by atoms with van der Waals surface area (Å²) in [5, 5.41) is 0. The summed E-state index contributed by atoms with van der Waals surface area (Å²) in [4.78, 5) is 2.17. The molecule has 0 spiro atoms. The average molecular weight is 281 g/mol. The fraction of sp³-hybridized carbons (Fsp3) is 0.263. The molecular weight excluding hydrogens is 261 g/mol. The Balaban J connectivity index is 1.99. The molecule has 0 bridgehead atoms. The van der Waals surface area contributed by atoms with E-state index in [4.69, 9.17) is 0 Å². The van der Waals surface area contributed by atoms with E-state index in [1.54, 1.807) is 0 Å². The second kappa shape index (κ2) is 5.72. The number of hydrogen-bond acceptors (Lipinski definition) is 1. The van der Waals surface area contributed by atoms with Gasteiger partial charge in [0, 0.05) is 11.7 Å². The molecule has 0 aliphatic carbocycles. The van der Waals surface area contributed by atoms with E-state index in [1.165, 1.54) is 0 Å². The topological polar surface area (TPSA) is 3.24 Å². The summed E-state index contributed by atoms with van der Waals surface area (Å²) in [7, 11) is 0. The minimum atomic E-state index is -0.230. The molecule has 2 atom stereocenters. The van der Waals surface area contributed by atoms with E-state index in [-0.39, 0.29) is 17.9 Å². The van der Waals surface area contributed by atoms with Gasteiger partial charge in [-0.25, -0.2) is 4.39 Å². The van der Waals surface area contributed by atoms with Crippen LogP contribution >= 0.6 is 0 Å². The van der Waals surface area contributed by atoms with Gasteiger partial charge in [0.1, 0.15) is 5.83 Å². The normalized spacial score (nSPS) is 22.5. The highest BCUT2D eigenvalue weighted by atomic mass is 19.1. The van der Waals surface area contributed by atoms with Gasteiger partial charge in [0.05, 0.1) is 6.04 Å². The quantitative estimate of drug-likeness (QED) is 0.744. The van der Waals surface area contributed by atoms with Crippen molar-refractivity contribution < 1.29 is 4.39 Å². The predicted octanol–water partition coefficient (Wildman–Crippen LogP) is 5.05. The lowest BCUT2D eigenvalue weighted by molar-refractivity contribution is 0.473. The van der Waals surface area contributed by atoms with Crippen LogP contribution in [-0.4, -0.2) is 12.1 Å². The number of benzene rings is 2. The molecule has 2 aromatic carbocycles. The average Bonchev–Trinajstić information content (AvgIpc) is 2.53. The molecule has 108 valence electrons. The highest BCUT2D eigenvalue weighted by molar-refractivity contribution is 5.72. The molecule has 0 saturated carbocycles. The van der Waals surface area contributed by atoms with Crippen LogP contribution in [0.1, 0.15) is 25.8 Å². The van der Waals surface area contributed by atoms with E-state index < -0.39 is 0 Å². The van der Waals surface area contributed by atoms with Crippen LogP contribution in [0.2, 0.25) is 0 Å². The zero-order valence-corrected chi connectivity index (χ0v) is 12.5. The number of para-hydroxylation sites is 1. The molecular formula is C19H20FN. The summed E-state index contributed by atoms with van der Waals surface area (Å²) in [5.74, 6) is -0.0110. The zero-order chi connectivity index (χ0) is 14.8. The Morgan fingerprint density at radius 2 is 1.48 bits per heavy atom. The summed E-state index contributed by atoms with van der Waals surface area (Å²) in [6.07, 6.45) is 0.731. The van der Waals surface area contributed by atoms with E-state index in [1.807, 2.05) is 67.6 Å². The number of hydrogen-bond donors (Lipinski definition) is 0. The first-order valence-corrected chi connectivity index (χ1v) is 7.46. The molecule has 0 radical (unpaired) electrons. The standard InChI is InChI=1S/C19H20FN/c1-14-13-18(16-9-5-3-6-10-16)19(20)15(2)21(14)17-11-7-4-8-12-17/h3-12,14-15H,13H2,1-2H3. The summed E-state index contributed by atoms with van der Waals surface area (Å²) in [6.45, 7) is 4.11. The second-order valence-electron chi connectivity index (χ2n) is 5.66. The Bertz CT molecular complexity index is 633. The summed E-state index contributed by atoms with van der Waals surface area (Å²) in [5.41, 5.74) is 2.93. The van der Waals surface area contributed by atoms with Crippen molar-refractivity contribution in [3.63, 3.8) is 0 Å². The maximum atomic E-state index is 14.9. The van der Waals surface area contributed by atoms with Gasteiger partial charge in [-0.1, -0.05) is 48.5 Å². The molecule has 0 aromatic heterocycles. The largest absolute Gasteiger partial charge is 0.359 e. The highest BCUT2D eigenvalue weighted by Gasteiger charge is 2.32. The van der Waals surface area contributed by atoms with Gasteiger partial charge >= 0.3 is 0 Å². The van der Waals surface area contributed by atoms with Crippen molar-refractivity contribution in [2.45, 2.75) is 32.4 Å². The first-order chi connectivity index (χ1) is 10.2. The zero-order valence-electron chi connectivity index (χ0n) is 12.5. The third-order valence-electron chi connectivity index (χ3n) is 4.22. The Hall–Kier alpha value is -2.09. The first-order valence-electron chi connectivity index (χ1n) is 7.46. The maximum Gasteiger partial charge on any atom is 0.126 e. The van der Waals surface area contributed by atoms with Crippen molar-refractivity contribution in [2.75, 3.05) is 4.90 Å². The molecule has 2 heteroatoms. The number of rotatable bonds is 2. The molecule has 0 fully saturated rings. The first kappa shape index (κ1) is 13.9. The monoisotopic (exact) mass is 281 g/mol. The summed E-state index contributed by atoms with van der Waals surface area (Å²) < 4.78 is 14.9. The van der Waals surface area contributed by atoms with Crippen LogP contribution in [0.5, 0.6) is 0 Å². The maximum absolute atomic E-state index is 14.9. The van der Waals surface area contributed by atoms with Crippen molar-refractivity contribution in [3.8, 4) is 0 Å².